The lowest BCUT2D eigenvalue weighted by Gasteiger charge is -2.21. The largest absolute Gasteiger partial charge is 0.587 e. The molecular weight excluding hydrogens is 383 g/mol. The number of hydrogen-bond donors (Lipinski definition) is 1. The SMILES string of the molecule is CCC(CCCC(=O)OO)COP(=O)(Oc1ccccc1)Oc1ccccc1. The van der Waals surface area contributed by atoms with E-state index in [1.165, 1.54) is 0 Å². The van der Waals surface area contributed by atoms with E-state index in [-0.39, 0.29) is 18.9 Å². The van der Waals surface area contributed by atoms with Crippen LogP contribution >= 0.6 is 7.82 Å². The summed E-state index contributed by atoms with van der Waals surface area (Å²) < 4.78 is 30.0. The average Bonchev–Trinajstić information content (AvgIpc) is 2.71. The Morgan fingerprint density at radius 3 is 2.00 bits per heavy atom. The first-order chi connectivity index (χ1) is 13.5. The zero-order valence-corrected chi connectivity index (χ0v) is 16.6. The first kappa shape index (κ1) is 22.0. The lowest BCUT2D eigenvalue weighted by Crippen LogP contribution is -2.13. The van der Waals surface area contributed by atoms with Crippen LogP contribution in [0.5, 0.6) is 11.5 Å². The lowest BCUT2D eigenvalue weighted by atomic mass is 10.0. The van der Waals surface area contributed by atoms with Crippen LogP contribution in [0, 0.1) is 5.92 Å². The van der Waals surface area contributed by atoms with Gasteiger partial charge in [-0.15, -0.1) is 0 Å². The number of phosphoric acid groups is 1. The van der Waals surface area contributed by atoms with Crippen molar-refractivity contribution in [2.75, 3.05) is 6.61 Å². The summed E-state index contributed by atoms with van der Waals surface area (Å²) in [5.74, 6) is 0.112. The molecule has 2 aromatic carbocycles. The van der Waals surface area contributed by atoms with Crippen molar-refractivity contribution in [2.24, 2.45) is 5.92 Å². The van der Waals surface area contributed by atoms with Crippen LogP contribution < -0.4 is 9.05 Å². The topological polar surface area (TPSA) is 91.3 Å². The molecule has 0 saturated carbocycles. The summed E-state index contributed by atoms with van der Waals surface area (Å²) in [5, 5.41) is 8.30. The number of phosphoric ester groups is 1. The van der Waals surface area contributed by atoms with Gasteiger partial charge in [0.15, 0.2) is 0 Å². The van der Waals surface area contributed by atoms with Gasteiger partial charge in [-0.25, -0.2) is 9.36 Å². The van der Waals surface area contributed by atoms with Gasteiger partial charge in [-0.05, 0) is 43.0 Å². The molecule has 28 heavy (non-hydrogen) atoms. The van der Waals surface area contributed by atoms with Crippen LogP contribution in [0.2, 0.25) is 0 Å². The first-order valence-corrected chi connectivity index (χ1v) is 10.6. The number of carbonyl (C=O) groups excluding carboxylic acids is 1. The number of carbonyl (C=O) groups is 1. The molecule has 8 heteroatoms. The van der Waals surface area contributed by atoms with Crippen LogP contribution in [0.1, 0.15) is 32.6 Å². The summed E-state index contributed by atoms with van der Waals surface area (Å²) in [6.45, 7) is 2.11. The highest BCUT2D eigenvalue weighted by atomic mass is 31.2. The van der Waals surface area contributed by atoms with Crippen molar-refractivity contribution in [3.63, 3.8) is 0 Å². The molecule has 0 saturated heterocycles. The van der Waals surface area contributed by atoms with Crippen LogP contribution in [-0.4, -0.2) is 17.8 Å². The molecule has 0 aliphatic rings. The Labute approximate surface area is 164 Å². The molecule has 0 radical (unpaired) electrons. The Balaban J connectivity index is 2.01. The molecule has 0 aromatic heterocycles. The van der Waals surface area contributed by atoms with E-state index in [0.29, 0.717) is 24.3 Å². The van der Waals surface area contributed by atoms with Gasteiger partial charge >= 0.3 is 13.8 Å². The summed E-state index contributed by atoms with van der Waals surface area (Å²) in [6, 6.07) is 17.4. The molecule has 2 aromatic rings. The van der Waals surface area contributed by atoms with E-state index in [0.717, 1.165) is 6.42 Å². The number of para-hydroxylation sites is 2. The third kappa shape index (κ3) is 7.72. The Hall–Kier alpha value is -2.34. The van der Waals surface area contributed by atoms with Crippen molar-refractivity contribution in [1.29, 1.82) is 0 Å². The highest BCUT2D eigenvalue weighted by molar-refractivity contribution is 7.49. The fraction of sp³-hybridized carbons (Fsp3) is 0.350. The molecule has 1 N–H and O–H groups in total. The van der Waals surface area contributed by atoms with Gasteiger partial charge in [0.1, 0.15) is 11.5 Å². The Morgan fingerprint density at radius 1 is 1.00 bits per heavy atom. The molecule has 2 rings (SSSR count). The van der Waals surface area contributed by atoms with E-state index in [2.05, 4.69) is 4.89 Å². The van der Waals surface area contributed by atoms with E-state index in [4.69, 9.17) is 18.8 Å². The molecule has 152 valence electrons. The molecule has 7 nitrogen and oxygen atoms in total. The predicted molar refractivity (Wildman–Crippen MR) is 104 cm³/mol. The standard InChI is InChI=1S/C20H25O7P/c1-2-17(10-9-15-20(21)25-22)16-24-28(23,26-18-11-5-3-6-12-18)27-19-13-7-4-8-14-19/h3-8,11-14,17,22H,2,9-10,15-16H2,1H3. The van der Waals surface area contributed by atoms with Crippen molar-refractivity contribution in [1.82, 2.24) is 0 Å². The van der Waals surface area contributed by atoms with Crippen LogP contribution in [0.3, 0.4) is 0 Å². The first-order valence-electron chi connectivity index (χ1n) is 9.12. The van der Waals surface area contributed by atoms with Gasteiger partial charge in [-0.1, -0.05) is 49.7 Å². The van der Waals surface area contributed by atoms with Crippen LogP contribution in [0.4, 0.5) is 0 Å². The highest BCUT2D eigenvalue weighted by Crippen LogP contribution is 2.50. The zero-order chi connectivity index (χ0) is 20.2. The molecule has 0 fully saturated rings. The summed E-state index contributed by atoms with van der Waals surface area (Å²) in [4.78, 5) is 14.7. The van der Waals surface area contributed by atoms with Crippen molar-refractivity contribution >= 4 is 13.8 Å². The number of rotatable bonds is 12. The van der Waals surface area contributed by atoms with Gasteiger partial charge in [0, 0.05) is 6.42 Å². The minimum atomic E-state index is -3.92. The third-order valence-corrected chi connectivity index (χ3v) is 5.40. The molecule has 1 unspecified atom stereocenters. The molecule has 0 aliphatic carbocycles. The maximum Gasteiger partial charge on any atom is 0.587 e. The van der Waals surface area contributed by atoms with E-state index in [9.17, 15) is 9.36 Å². The average molecular weight is 408 g/mol. The van der Waals surface area contributed by atoms with Crippen molar-refractivity contribution in [3.05, 3.63) is 60.7 Å². The second-order valence-electron chi connectivity index (χ2n) is 6.18. The normalized spacial score (nSPS) is 12.2. The summed E-state index contributed by atoms with van der Waals surface area (Å²) in [5.41, 5.74) is 0. The maximum absolute atomic E-state index is 13.2. The molecule has 0 amide bonds. The molecule has 0 spiro atoms. The van der Waals surface area contributed by atoms with Crippen molar-refractivity contribution in [3.8, 4) is 11.5 Å². The van der Waals surface area contributed by atoms with Gasteiger partial charge in [0.25, 0.3) is 0 Å². The summed E-state index contributed by atoms with van der Waals surface area (Å²) in [7, 11) is -3.92. The van der Waals surface area contributed by atoms with E-state index in [1.54, 1.807) is 48.5 Å². The van der Waals surface area contributed by atoms with E-state index >= 15 is 0 Å². The van der Waals surface area contributed by atoms with E-state index < -0.39 is 13.8 Å². The van der Waals surface area contributed by atoms with Crippen LogP contribution in [-0.2, 0) is 18.8 Å². The Morgan fingerprint density at radius 2 is 1.54 bits per heavy atom. The summed E-state index contributed by atoms with van der Waals surface area (Å²) >= 11 is 0. The molecule has 0 aliphatic heterocycles. The van der Waals surface area contributed by atoms with Gasteiger partial charge < -0.3 is 13.9 Å². The molecule has 0 heterocycles. The van der Waals surface area contributed by atoms with Gasteiger partial charge in [0.2, 0.25) is 0 Å². The van der Waals surface area contributed by atoms with E-state index in [1.807, 2.05) is 19.1 Å². The lowest BCUT2D eigenvalue weighted by molar-refractivity contribution is -0.234. The van der Waals surface area contributed by atoms with Crippen LogP contribution in [0.25, 0.3) is 0 Å². The van der Waals surface area contributed by atoms with Gasteiger partial charge in [0.05, 0.1) is 6.61 Å². The second kappa shape index (κ2) is 11.5. The maximum atomic E-state index is 13.2. The molecular formula is C20H25O7P. The minimum absolute atomic E-state index is 0.0403. The fourth-order valence-electron chi connectivity index (χ4n) is 2.47. The quantitative estimate of drug-likeness (QED) is 0.282. The Bertz CT molecular complexity index is 706. The van der Waals surface area contributed by atoms with Crippen LogP contribution in [0.15, 0.2) is 60.7 Å². The second-order valence-corrected chi connectivity index (χ2v) is 7.70. The van der Waals surface area contributed by atoms with Gasteiger partial charge in [-0.2, -0.15) is 5.26 Å². The highest BCUT2D eigenvalue weighted by Gasteiger charge is 2.32. The monoisotopic (exact) mass is 408 g/mol. The fourth-order valence-corrected chi connectivity index (χ4v) is 3.77. The zero-order valence-electron chi connectivity index (χ0n) is 15.7. The van der Waals surface area contributed by atoms with Crippen molar-refractivity contribution < 1.29 is 33.1 Å². The molecule has 1 atom stereocenters. The predicted octanol–water partition coefficient (Wildman–Crippen LogP) is 5.48. The summed E-state index contributed by atoms with van der Waals surface area (Å²) in [6.07, 6.45) is 2.02. The number of benzene rings is 2. The smallest absolute Gasteiger partial charge is 0.395 e. The van der Waals surface area contributed by atoms with Crippen molar-refractivity contribution in [2.45, 2.75) is 32.6 Å². The third-order valence-electron chi connectivity index (χ3n) is 4.06. The molecule has 0 bridgehead atoms. The van der Waals surface area contributed by atoms with Gasteiger partial charge in [-0.3, -0.25) is 4.52 Å². The number of hydrogen-bond acceptors (Lipinski definition) is 7. The minimum Gasteiger partial charge on any atom is -0.395 e. The Kier molecular flexibility index (Phi) is 9.01.